The summed E-state index contributed by atoms with van der Waals surface area (Å²) in [5, 5.41) is 0. The molecule has 0 spiro atoms. The number of benzene rings is 2. The summed E-state index contributed by atoms with van der Waals surface area (Å²) in [7, 11) is -4.80. The largest absolute Gasteiger partial charge is 0.452 e. The van der Waals surface area contributed by atoms with Crippen molar-refractivity contribution in [1.82, 2.24) is 10.9 Å². The second-order valence-electron chi connectivity index (χ2n) is 5.42. The lowest BCUT2D eigenvalue weighted by molar-refractivity contribution is -0.125. The third-order valence-electron chi connectivity index (χ3n) is 3.41. The van der Waals surface area contributed by atoms with Crippen molar-refractivity contribution in [3.8, 4) is 0 Å². The van der Waals surface area contributed by atoms with E-state index in [9.17, 15) is 36.0 Å². The second-order valence-corrected chi connectivity index (χ2v) is 7.33. The molecule has 2 aromatic rings. The van der Waals surface area contributed by atoms with E-state index >= 15 is 0 Å². The summed E-state index contributed by atoms with van der Waals surface area (Å²) >= 11 is 0. The van der Waals surface area contributed by atoms with Crippen molar-refractivity contribution >= 4 is 27.6 Å². The van der Waals surface area contributed by atoms with Gasteiger partial charge < -0.3 is 4.74 Å². The zero-order chi connectivity index (χ0) is 21.6. The molecule has 0 heterocycles. The number of carbonyl (C=O) groups is 3. The minimum atomic E-state index is -4.80. The Morgan fingerprint density at radius 1 is 0.897 bits per heavy atom. The van der Waals surface area contributed by atoms with Crippen molar-refractivity contribution in [2.45, 2.75) is 10.7 Å². The van der Waals surface area contributed by atoms with Gasteiger partial charge in [0.15, 0.2) is 6.61 Å². The van der Waals surface area contributed by atoms with E-state index in [1.54, 1.807) is 0 Å². The molecule has 154 valence electrons. The van der Waals surface area contributed by atoms with Gasteiger partial charge in [0.2, 0.25) is 9.84 Å². The van der Waals surface area contributed by atoms with E-state index in [0.717, 1.165) is 36.4 Å². The fourth-order valence-electron chi connectivity index (χ4n) is 1.93. The van der Waals surface area contributed by atoms with E-state index in [1.807, 2.05) is 10.9 Å². The highest BCUT2D eigenvalue weighted by atomic mass is 32.2. The van der Waals surface area contributed by atoms with Gasteiger partial charge in [0.05, 0.1) is 10.5 Å². The van der Waals surface area contributed by atoms with Gasteiger partial charge in [-0.3, -0.25) is 20.4 Å². The monoisotopic (exact) mass is 430 g/mol. The summed E-state index contributed by atoms with van der Waals surface area (Å²) in [4.78, 5) is 34.5. The van der Waals surface area contributed by atoms with Gasteiger partial charge >= 0.3 is 11.7 Å². The Hall–Kier alpha value is -3.41. The molecule has 0 bridgehead atoms. The third kappa shape index (κ3) is 5.78. The quantitative estimate of drug-likeness (QED) is 0.529. The number of alkyl halides is 2. The van der Waals surface area contributed by atoms with Crippen LogP contribution in [0.4, 0.5) is 13.2 Å². The van der Waals surface area contributed by atoms with Gasteiger partial charge in [-0.15, -0.1) is 0 Å². The van der Waals surface area contributed by atoms with Gasteiger partial charge in [-0.25, -0.2) is 17.6 Å². The zero-order valence-corrected chi connectivity index (χ0v) is 15.2. The molecule has 0 radical (unpaired) electrons. The predicted molar refractivity (Wildman–Crippen MR) is 91.9 cm³/mol. The molecule has 12 heteroatoms. The van der Waals surface area contributed by atoms with Crippen molar-refractivity contribution in [3.63, 3.8) is 0 Å². The van der Waals surface area contributed by atoms with Crippen LogP contribution in [0.1, 0.15) is 20.7 Å². The number of hydrazine groups is 1. The summed E-state index contributed by atoms with van der Waals surface area (Å²) < 4.78 is 65.0. The molecule has 0 aliphatic heterocycles. The minimum Gasteiger partial charge on any atom is -0.452 e. The molecule has 8 nitrogen and oxygen atoms in total. The summed E-state index contributed by atoms with van der Waals surface area (Å²) in [5.41, 5.74) is 3.89. The van der Waals surface area contributed by atoms with Crippen LogP contribution in [-0.4, -0.2) is 38.6 Å². The van der Waals surface area contributed by atoms with Gasteiger partial charge in [0.1, 0.15) is 5.82 Å². The fraction of sp³-hybridized carbons (Fsp3) is 0.118. The first-order chi connectivity index (χ1) is 13.6. The van der Waals surface area contributed by atoms with Crippen molar-refractivity contribution in [1.29, 1.82) is 0 Å². The number of carbonyl (C=O) groups excluding carboxylic acids is 3. The molecule has 2 rings (SSSR count). The number of esters is 1. The lowest BCUT2D eigenvalue weighted by atomic mass is 10.2. The van der Waals surface area contributed by atoms with Crippen LogP contribution in [0, 0.1) is 5.82 Å². The maximum absolute atomic E-state index is 12.8. The number of amides is 2. The van der Waals surface area contributed by atoms with Crippen LogP contribution in [0.15, 0.2) is 53.4 Å². The standard InChI is InChI=1S/C17H13F3N2O6S/c18-12-5-1-10(2-6-12)15(24)22-21-14(23)9-28-16(25)11-3-7-13(8-4-11)29(26,27)17(19)20/h1-8,17H,9H2,(H,21,23)(H,22,24). The molecule has 0 aliphatic carbocycles. The van der Waals surface area contributed by atoms with Gasteiger partial charge in [-0.05, 0) is 48.5 Å². The molecular weight excluding hydrogens is 417 g/mol. The van der Waals surface area contributed by atoms with E-state index in [2.05, 4.69) is 4.74 Å². The summed E-state index contributed by atoms with van der Waals surface area (Å²) in [6.07, 6.45) is 0. The first-order valence-corrected chi connectivity index (χ1v) is 9.30. The van der Waals surface area contributed by atoms with Gasteiger partial charge in [-0.2, -0.15) is 8.78 Å². The average Bonchev–Trinajstić information content (AvgIpc) is 2.70. The Kier molecular flexibility index (Phi) is 6.93. The van der Waals surface area contributed by atoms with Crippen LogP contribution >= 0.6 is 0 Å². The summed E-state index contributed by atoms with van der Waals surface area (Å²) in [6, 6.07) is 8.00. The SMILES string of the molecule is O=C(COC(=O)c1ccc(S(=O)(=O)C(F)F)cc1)NNC(=O)c1ccc(F)cc1. The molecule has 0 unspecified atom stereocenters. The smallest absolute Gasteiger partial charge is 0.341 e. The van der Waals surface area contributed by atoms with E-state index in [1.165, 1.54) is 12.1 Å². The maximum Gasteiger partial charge on any atom is 0.341 e. The van der Waals surface area contributed by atoms with Crippen molar-refractivity contribution in [2.24, 2.45) is 0 Å². The fourth-order valence-corrected chi connectivity index (χ4v) is 2.66. The Morgan fingerprint density at radius 3 is 2.00 bits per heavy atom. The highest BCUT2D eigenvalue weighted by Gasteiger charge is 2.26. The highest BCUT2D eigenvalue weighted by Crippen LogP contribution is 2.18. The molecule has 29 heavy (non-hydrogen) atoms. The number of nitrogens with one attached hydrogen (secondary N) is 2. The van der Waals surface area contributed by atoms with Gasteiger partial charge in [-0.1, -0.05) is 0 Å². The van der Waals surface area contributed by atoms with Crippen LogP contribution in [0.2, 0.25) is 0 Å². The van der Waals surface area contributed by atoms with E-state index < -0.39 is 50.7 Å². The molecule has 0 saturated carbocycles. The molecule has 2 N–H and O–H groups in total. The average molecular weight is 430 g/mol. The number of sulfone groups is 1. The Labute approximate surface area is 162 Å². The molecule has 2 aromatic carbocycles. The molecular formula is C17H13F3N2O6S. The molecule has 0 aromatic heterocycles. The molecule has 0 aliphatic rings. The molecule has 0 fully saturated rings. The summed E-state index contributed by atoms with van der Waals surface area (Å²) in [6.45, 7) is -0.792. The van der Waals surface area contributed by atoms with Crippen molar-refractivity contribution in [2.75, 3.05) is 6.61 Å². The van der Waals surface area contributed by atoms with Crippen molar-refractivity contribution < 1.29 is 40.7 Å². The second kappa shape index (κ2) is 9.19. The van der Waals surface area contributed by atoms with E-state index in [0.29, 0.717) is 0 Å². The molecule has 0 atom stereocenters. The Morgan fingerprint density at radius 2 is 1.45 bits per heavy atom. The number of ether oxygens (including phenoxy) is 1. The first-order valence-electron chi connectivity index (χ1n) is 7.75. The van der Waals surface area contributed by atoms with Crippen molar-refractivity contribution in [3.05, 3.63) is 65.5 Å². The summed E-state index contributed by atoms with van der Waals surface area (Å²) in [5.74, 6) is -6.80. The first kappa shape index (κ1) is 21.9. The lowest BCUT2D eigenvalue weighted by Gasteiger charge is -2.08. The normalized spacial score (nSPS) is 11.0. The third-order valence-corrected chi connectivity index (χ3v) is 4.81. The lowest BCUT2D eigenvalue weighted by Crippen LogP contribution is -2.43. The number of halogens is 3. The number of hydrogen-bond donors (Lipinski definition) is 2. The van der Waals surface area contributed by atoms with Gasteiger partial charge in [0.25, 0.3) is 11.8 Å². The van der Waals surface area contributed by atoms with Crippen LogP contribution in [-0.2, 0) is 19.4 Å². The zero-order valence-electron chi connectivity index (χ0n) is 14.4. The predicted octanol–water partition coefficient (Wildman–Crippen LogP) is 1.44. The Bertz CT molecular complexity index is 1010. The molecule has 0 saturated heterocycles. The van der Waals surface area contributed by atoms with Crippen LogP contribution in [0.25, 0.3) is 0 Å². The Balaban J connectivity index is 1.84. The van der Waals surface area contributed by atoms with Crippen LogP contribution in [0.5, 0.6) is 0 Å². The molecule has 2 amide bonds. The van der Waals surface area contributed by atoms with E-state index in [-0.39, 0.29) is 11.1 Å². The van der Waals surface area contributed by atoms with Gasteiger partial charge in [0, 0.05) is 5.56 Å². The number of rotatable bonds is 6. The van der Waals surface area contributed by atoms with E-state index in [4.69, 9.17) is 0 Å². The highest BCUT2D eigenvalue weighted by molar-refractivity contribution is 7.91. The van der Waals surface area contributed by atoms with Crippen LogP contribution in [0.3, 0.4) is 0 Å². The number of hydrogen-bond acceptors (Lipinski definition) is 6. The minimum absolute atomic E-state index is 0.0718. The maximum atomic E-state index is 12.8. The topological polar surface area (TPSA) is 119 Å². The van der Waals surface area contributed by atoms with Crippen LogP contribution < -0.4 is 10.9 Å².